The molecule has 0 amide bonds. The van der Waals surface area contributed by atoms with Crippen molar-refractivity contribution in [2.45, 2.75) is 0 Å². The minimum atomic E-state index is -0.215. The second kappa shape index (κ2) is 18.0. The zero-order chi connectivity index (χ0) is 29.5. The van der Waals surface area contributed by atoms with Gasteiger partial charge in [-0.3, -0.25) is 24.4 Å². The zero-order valence-electron chi connectivity index (χ0n) is 22.0. The molecule has 2 heterocycles. The van der Waals surface area contributed by atoms with E-state index in [4.69, 9.17) is 0 Å². The van der Waals surface area contributed by atoms with Gasteiger partial charge in [-0.25, -0.2) is 0 Å². The van der Waals surface area contributed by atoms with Crippen LogP contribution >= 0.6 is 0 Å². The number of hydrogen-bond donors (Lipinski definition) is 0. The molecule has 6 rings (SSSR count). The molecule has 9 heteroatoms. The Morgan fingerprint density at radius 3 is 1.00 bits per heavy atom. The number of aldehydes is 3. The number of nitrogens with zero attached hydrogens (tertiary/aromatic N) is 2. The van der Waals surface area contributed by atoms with Crippen molar-refractivity contribution in [3.63, 3.8) is 0 Å². The fourth-order valence-electron chi connectivity index (χ4n) is 3.41. The van der Waals surface area contributed by atoms with Crippen molar-refractivity contribution in [3.8, 4) is 17.2 Å². The molecule has 4 aromatic carbocycles. The van der Waals surface area contributed by atoms with E-state index in [-0.39, 0.29) is 74.3 Å². The molecular weight excluding hydrogens is 671 g/mol. The van der Waals surface area contributed by atoms with Crippen LogP contribution in [-0.2, 0) is 0 Å². The normalized spacial score (nSPS) is 9.33. The summed E-state index contributed by atoms with van der Waals surface area (Å²) in [6.07, 6.45) is 5.28. The van der Waals surface area contributed by atoms with Gasteiger partial charge >= 0.3 is 40.4 Å². The second-order valence-electron chi connectivity index (χ2n) is 8.18. The Balaban J connectivity index is 0.000000199. The Labute approximate surface area is 274 Å². The first-order valence-corrected chi connectivity index (χ1v) is 12.2. The standard InChI is InChI=1S/C12H8N2.3C7H6O2.Sm/c1-3-9-5-6-10-4-2-8-14-12(10)11(9)13-7-1;3*8-5-6-3-1-2-4-7(6)9;/h1-8H;3*1-5,9H;/q;;;;+3/p-3. The van der Waals surface area contributed by atoms with Crippen LogP contribution in [0.1, 0.15) is 31.1 Å². The number of benzene rings is 4. The molecule has 42 heavy (non-hydrogen) atoms. The third-order valence-electron chi connectivity index (χ3n) is 5.48. The minimum absolute atomic E-state index is 0. The Bertz CT molecular complexity index is 1590. The SMILES string of the molecule is O=Cc1ccccc1[O-].O=Cc1ccccc1[O-].O=Cc1ccccc1[O-].[Sm+3].c1cnc2c(c1)ccc1cccnc12. The van der Waals surface area contributed by atoms with Crippen molar-refractivity contribution in [2.75, 3.05) is 0 Å². The first kappa shape index (κ1) is 33.7. The summed E-state index contributed by atoms with van der Waals surface area (Å²) in [6.45, 7) is 0. The largest absolute Gasteiger partial charge is 3.00 e. The van der Waals surface area contributed by atoms with Gasteiger partial charge in [-0.1, -0.05) is 114 Å². The number of rotatable bonds is 3. The van der Waals surface area contributed by atoms with E-state index in [1.165, 1.54) is 36.4 Å². The van der Waals surface area contributed by atoms with Crippen LogP contribution in [0.4, 0.5) is 0 Å². The van der Waals surface area contributed by atoms with E-state index in [2.05, 4.69) is 34.2 Å². The predicted molar refractivity (Wildman–Crippen MR) is 151 cm³/mol. The zero-order valence-corrected chi connectivity index (χ0v) is 24.7. The maximum Gasteiger partial charge on any atom is 3.00 e. The molecular formula is C33H23N2O6Sm. The second-order valence-corrected chi connectivity index (χ2v) is 8.18. The van der Waals surface area contributed by atoms with Crippen LogP contribution in [0.2, 0.25) is 0 Å². The average Bonchev–Trinajstić information content (AvgIpc) is 3.03. The monoisotopic (exact) mass is 695 g/mol. The summed E-state index contributed by atoms with van der Waals surface area (Å²) in [5, 5.41) is 34.1. The topological polar surface area (TPSA) is 146 Å². The molecule has 0 N–H and O–H groups in total. The van der Waals surface area contributed by atoms with Gasteiger partial charge in [0, 0.05) is 39.9 Å². The summed E-state index contributed by atoms with van der Waals surface area (Å²) < 4.78 is 0. The van der Waals surface area contributed by atoms with Crippen LogP contribution in [0.15, 0.2) is 122 Å². The molecule has 207 valence electrons. The van der Waals surface area contributed by atoms with Crippen LogP contribution in [0.3, 0.4) is 0 Å². The van der Waals surface area contributed by atoms with E-state index < -0.39 is 0 Å². The Morgan fingerprint density at radius 1 is 0.429 bits per heavy atom. The Hall–Kier alpha value is -4.55. The quantitative estimate of drug-likeness (QED) is 0.195. The van der Waals surface area contributed by atoms with E-state index in [1.807, 2.05) is 12.1 Å². The number of hydrogen-bond acceptors (Lipinski definition) is 8. The fourth-order valence-corrected chi connectivity index (χ4v) is 3.41. The van der Waals surface area contributed by atoms with Crippen LogP contribution in [0, 0.1) is 40.4 Å². The van der Waals surface area contributed by atoms with E-state index in [0.717, 1.165) is 21.8 Å². The van der Waals surface area contributed by atoms with Gasteiger partial charge < -0.3 is 15.3 Å². The summed E-state index contributed by atoms with van der Waals surface area (Å²) in [4.78, 5) is 38.8. The van der Waals surface area contributed by atoms with Gasteiger partial charge in [0.15, 0.2) is 0 Å². The van der Waals surface area contributed by atoms with Gasteiger partial charge in [0.2, 0.25) is 0 Å². The van der Waals surface area contributed by atoms with E-state index >= 15 is 0 Å². The third-order valence-corrected chi connectivity index (χ3v) is 5.48. The maximum atomic E-state index is 10.6. The summed E-state index contributed by atoms with van der Waals surface area (Å²) in [6, 6.07) is 30.5. The molecule has 0 aliphatic carbocycles. The number of fused-ring (bicyclic) bond motifs is 3. The van der Waals surface area contributed by atoms with E-state index in [0.29, 0.717) is 18.9 Å². The van der Waals surface area contributed by atoms with Crippen molar-refractivity contribution >= 4 is 40.7 Å². The number of carbonyl (C=O) groups excluding carboxylic acids is 3. The van der Waals surface area contributed by atoms with Crippen molar-refractivity contribution < 1.29 is 70.1 Å². The summed E-state index contributed by atoms with van der Waals surface area (Å²) in [5.74, 6) is -0.646. The van der Waals surface area contributed by atoms with Gasteiger partial charge in [0.05, 0.1) is 11.0 Å². The number of para-hydroxylation sites is 3. The Kier molecular flexibility index (Phi) is 14.4. The molecule has 0 unspecified atom stereocenters. The number of carbonyl (C=O) groups is 3. The summed E-state index contributed by atoms with van der Waals surface area (Å²) in [7, 11) is 0. The molecule has 0 bridgehead atoms. The summed E-state index contributed by atoms with van der Waals surface area (Å²) in [5.41, 5.74) is 2.61. The minimum Gasteiger partial charge on any atom is -0.872 e. The van der Waals surface area contributed by atoms with Crippen molar-refractivity contribution in [2.24, 2.45) is 0 Å². The smallest absolute Gasteiger partial charge is 0.872 e. The molecule has 0 aliphatic rings. The average molecular weight is 694 g/mol. The van der Waals surface area contributed by atoms with Gasteiger partial charge in [0.1, 0.15) is 18.9 Å². The molecule has 2 aromatic heterocycles. The van der Waals surface area contributed by atoms with Crippen LogP contribution in [0.25, 0.3) is 21.8 Å². The molecule has 8 nitrogen and oxygen atoms in total. The molecule has 0 spiro atoms. The number of pyridine rings is 2. The van der Waals surface area contributed by atoms with E-state index in [9.17, 15) is 29.7 Å². The molecule has 0 saturated carbocycles. The van der Waals surface area contributed by atoms with Crippen LogP contribution in [0.5, 0.6) is 17.2 Å². The molecule has 0 saturated heterocycles. The van der Waals surface area contributed by atoms with Gasteiger partial charge in [0.25, 0.3) is 0 Å². The Morgan fingerprint density at radius 2 is 0.738 bits per heavy atom. The molecule has 0 atom stereocenters. The fraction of sp³-hybridized carbons (Fsp3) is 0. The predicted octanol–water partition coefficient (Wildman–Crippen LogP) is 4.50. The van der Waals surface area contributed by atoms with Gasteiger partial charge in [-0.15, -0.1) is 0 Å². The van der Waals surface area contributed by atoms with Gasteiger partial charge in [-0.2, -0.15) is 0 Å². The molecule has 0 aliphatic heterocycles. The first-order chi connectivity index (χ1) is 20.0. The summed E-state index contributed by atoms with van der Waals surface area (Å²) >= 11 is 0. The van der Waals surface area contributed by atoms with Crippen LogP contribution in [-0.4, -0.2) is 28.8 Å². The molecule has 6 aromatic rings. The molecule has 1 radical (unpaired) electrons. The van der Waals surface area contributed by atoms with Crippen molar-refractivity contribution in [1.29, 1.82) is 0 Å². The first-order valence-electron chi connectivity index (χ1n) is 12.2. The van der Waals surface area contributed by atoms with E-state index in [1.54, 1.807) is 48.8 Å². The van der Waals surface area contributed by atoms with Crippen molar-refractivity contribution in [3.05, 3.63) is 138 Å². The van der Waals surface area contributed by atoms with Crippen LogP contribution < -0.4 is 15.3 Å². The van der Waals surface area contributed by atoms with Crippen molar-refractivity contribution in [1.82, 2.24) is 9.97 Å². The maximum absolute atomic E-state index is 10.6. The molecule has 0 fully saturated rings. The number of aromatic nitrogens is 2. The van der Waals surface area contributed by atoms with Gasteiger partial charge in [-0.05, 0) is 12.1 Å². The third kappa shape index (κ3) is 9.82.